The van der Waals surface area contributed by atoms with Crippen LogP contribution in [0.25, 0.3) is 0 Å². The Morgan fingerprint density at radius 2 is 2.29 bits per heavy atom. The largest absolute Gasteiger partial charge is 0.353 e. The average molecular weight is 199 g/mol. The number of rotatable bonds is 4. The monoisotopic (exact) mass is 199 g/mol. The van der Waals surface area contributed by atoms with E-state index in [-0.39, 0.29) is 5.91 Å². The number of likely N-dealkylation sites (N-methyl/N-ethyl adjacent to an activating group) is 2. The highest BCUT2D eigenvalue weighted by Crippen LogP contribution is 2.13. The standard InChI is InChI=1S/C10H21N3O/c1-12(2)8-10(14)11-7-9-5-4-6-13(9)3/h9H,4-8H2,1-3H3,(H,11,14)/t9-/m0/s1. The first-order chi connectivity index (χ1) is 6.59. The van der Waals surface area contributed by atoms with Gasteiger partial charge in [0.25, 0.3) is 0 Å². The molecule has 0 aromatic carbocycles. The summed E-state index contributed by atoms with van der Waals surface area (Å²) in [4.78, 5) is 15.5. The van der Waals surface area contributed by atoms with Gasteiger partial charge in [0.15, 0.2) is 0 Å². The number of carbonyl (C=O) groups is 1. The maximum absolute atomic E-state index is 11.3. The molecular formula is C10H21N3O. The van der Waals surface area contributed by atoms with Gasteiger partial charge in [-0.3, -0.25) is 4.79 Å². The molecule has 1 N–H and O–H groups in total. The minimum absolute atomic E-state index is 0.121. The number of hydrogen-bond donors (Lipinski definition) is 1. The molecule has 0 unspecified atom stereocenters. The summed E-state index contributed by atoms with van der Waals surface area (Å²) in [5.41, 5.74) is 0. The Labute approximate surface area is 86.2 Å². The lowest BCUT2D eigenvalue weighted by Gasteiger charge is -2.20. The van der Waals surface area contributed by atoms with E-state index in [0.29, 0.717) is 12.6 Å². The SMILES string of the molecule is CN(C)CC(=O)NC[C@@H]1CCCN1C. The van der Waals surface area contributed by atoms with Crippen molar-refractivity contribution in [2.75, 3.05) is 40.8 Å². The Bertz CT molecular complexity index is 194. The van der Waals surface area contributed by atoms with Crippen LogP contribution in [-0.4, -0.2) is 62.5 Å². The Hall–Kier alpha value is -0.610. The van der Waals surface area contributed by atoms with Crippen molar-refractivity contribution in [3.8, 4) is 0 Å². The molecule has 0 aromatic heterocycles. The first-order valence-corrected chi connectivity index (χ1v) is 5.21. The van der Waals surface area contributed by atoms with E-state index in [2.05, 4.69) is 17.3 Å². The molecule has 1 fully saturated rings. The van der Waals surface area contributed by atoms with Crippen molar-refractivity contribution in [2.24, 2.45) is 0 Å². The van der Waals surface area contributed by atoms with Crippen LogP contribution in [0.1, 0.15) is 12.8 Å². The highest BCUT2D eigenvalue weighted by molar-refractivity contribution is 5.77. The molecule has 1 saturated heterocycles. The fourth-order valence-electron chi connectivity index (χ4n) is 1.81. The molecule has 14 heavy (non-hydrogen) atoms. The lowest BCUT2D eigenvalue weighted by atomic mass is 10.2. The highest BCUT2D eigenvalue weighted by Gasteiger charge is 2.20. The van der Waals surface area contributed by atoms with E-state index in [0.717, 1.165) is 13.1 Å². The zero-order chi connectivity index (χ0) is 10.6. The van der Waals surface area contributed by atoms with E-state index in [1.54, 1.807) is 0 Å². The van der Waals surface area contributed by atoms with Crippen LogP contribution in [0.5, 0.6) is 0 Å². The van der Waals surface area contributed by atoms with Crippen LogP contribution in [0.4, 0.5) is 0 Å². The Balaban J connectivity index is 2.16. The zero-order valence-corrected chi connectivity index (χ0v) is 9.42. The van der Waals surface area contributed by atoms with Crippen molar-refractivity contribution in [1.29, 1.82) is 0 Å². The molecule has 1 aliphatic heterocycles. The van der Waals surface area contributed by atoms with Crippen molar-refractivity contribution < 1.29 is 4.79 Å². The molecule has 4 nitrogen and oxygen atoms in total. The number of amides is 1. The topological polar surface area (TPSA) is 35.6 Å². The quantitative estimate of drug-likeness (QED) is 0.678. The maximum Gasteiger partial charge on any atom is 0.234 e. The van der Waals surface area contributed by atoms with Gasteiger partial charge in [0, 0.05) is 12.6 Å². The van der Waals surface area contributed by atoms with Gasteiger partial charge < -0.3 is 15.1 Å². The summed E-state index contributed by atoms with van der Waals surface area (Å²) in [5.74, 6) is 0.121. The van der Waals surface area contributed by atoms with E-state index < -0.39 is 0 Å². The lowest BCUT2D eigenvalue weighted by molar-refractivity contribution is -0.121. The summed E-state index contributed by atoms with van der Waals surface area (Å²) >= 11 is 0. The lowest BCUT2D eigenvalue weighted by Crippen LogP contribution is -2.41. The first kappa shape index (κ1) is 11.5. The molecule has 1 aliphatic rings. The third-order valence-corrected chi connectivity index (χ3v) is 2.67. The van der Waals surface area contributed by atoms with Crippen molar-refractivity contribution >= 4 is 5.91 Å². The van der Waals surface area contributed by atoms with Gasteiger partial charge in [-0.1, -0.05) is 0 Å². The Kier molecular flexibility index (Phi) is 4.35. The smallest absolute Gasteiger partial charge is 0.234 e. The molecule has 1 heterocycles. The number of hydrogen-bond acceptors (Lipinski definition) is 3. The second-order valence-corrected chi connectivity index (χ2v) is 4.32. The van der Waals surface area contributed by atoms with Gasteiger partial charge in [0.1, 0.15) is 0 Å². The van der Waals surface area contributed by atoms with Crippen LogP contribution in [0.2, 0.25) is 0 Å². The summed E-state index contributed by atoms with van der Waals surface area (Å²) in [6, 6.07) is 0.543. The third kappa shape index (κ3) is 3.64. The second-order valence-electron chi connectivity index (χ2n) is 4.32. The second kappa shape index (κ2) is 5.32. The Morgan fingerprint density at radius 1 is 1.57 bits per heavy atom. The van der Waals surface area contributed by atoms with Gasteiger partial charge in [-0.05, 0) is 40.5 Å². The molecule has 0 bridgehead atoms. The molecule has 1 amide bonds. The summed E-state index contributed by atoms with van der Waals surface area (Å²) in [7, 11) is 5.93. The Morgan fingerprint density at radius 3 is 2.79 bits per heavy atom. The van der Waals surface area contributed by atoms with E-state index in [1.807, 2.05) is 19.0 Å². The van der Waals surface area contributed by atoms with Crippen molar-refractivity contribution in [3.05, 3.63) is 0 Å². The summed E-state index contributed by atoms with van der Waals surface area (Å²) < 4.78 is 0. The molecule has 0 saturated carbocycles. The zero-order valence-electron chi connectivity index (χ0n) is 9.42. The minimum atomic E-state index is 0.121. The van der Waals surface area contributed by atoms with E-state index in [9.17, 15) is 4.79 Å². The van der Waals surface area contributed by atoms with Gasteiger partial charge in [-0.25, -0.2) is 0 Å². The predicted octanol–water partition coefficient (Wildman–Crippen LogP) is -0.242. The van der Waals surface area contributed by atoms with E-state index in [4.69, 9.17) is 0 Å². The molecule has 0 radical (unpaired) electrons. The number of nitrogens with one attached hydrogen (secondary N) is 1. The van der Waals surface area contributed by atoms with Crippen molar-refractivity contribution in [3.63, 3.8) is 0 Å². The van der Waals surface area contributed by atoms with Crippen LogP contribution in [-0.2, 0) is 4.79 Å². The summed E-state index contributed by atoms with van der Waals surface area (Å²) in [6.07, 6.45) is 2.46. The van der Waals surface area contributed by atoms with Crippen LogP contribution in [0.3, 0.4) is 0 Å². The molecule has 0 spiro atoms. The van der Waals surface area contributed by atoms with Crippen LogP contribution in [0.15, 0.2) is 0 Å². The molecule has 82 valence electrons. The van der Waals surface area contributed by atoms with Gasteiger partial charge in [-0.2, -0.15) is 0 Å². The summed E-state index contributed by atoms with van der Waals surface area (Å²) in [5, 5.41) is 2.96. The molecule has 4 heteroatoms. The third-order valence-electron chi connectivity index (χ3n) is 2.67. The van der Waals surface area contributed by atoms with E-state index in [1.165, 1.54) is 12.8 Å². The minimum Gasteiger partial charge on any atom is -0.353 e. The van der Waals surface area contributed by atoms with Crippen LogP contribution >= 0.6 is 0 Å². The van der Waals surface area contributed by atoms with Crippen LogP contribution in [0, 0.1) is 0 Å². The normalized spacial score (nSPS) is 23.0. The van der Waals surface area contributed by atoms with Crippen molar-refractivity contribution in [1.82, 2.24) is 15.1 Å². The van der Waals surface area contributed by atoms with Gasteiger partial charge in [0.2, 0.25) is 5.91 Å². The average Bonchev–Trinajstić information content (AvgIpc) is 2.46. The predicted molar refractivity (Wildman–Crippen MR) is 57.2 cm³/mol. The molecule has 1 rings (SSSR count). The fraction of sp³-hybridized carbons (Fsp3) is 0.900. The van der Waals surface area contributed by atoms with Gasteiger partial charge >= 0.3 is 0 Å². The number of likely N-dealkylation sites (tertiary alicyclic amines) is 1. The fourth-order valence-corrected chi connectivity index (χ4v) is 1.81. The van der Waals surface area contributed by atoms with Gasteiger partial charge in [0.05, 0.1) is 6.54 Å². The summed E-state index contributed by atoms with van der Waals surface area (Å²) in [6.45, 7) is 2.44. The van der Waals surface area contributed by atoms with Crippen LogP contribution < -0.4 is 5.32 Å². The first-order valence-electron chi connectivity index (χ1n) is 5.21. The van der Waals surface area contributed by atoms with Gasteiger partial charge in [-0.15, -0.1) is 0 Å². The molecule has 0 aromatic rings. The number of nitrogens with zero attached hydrogens (tertiary/aromatic N) is 2. The molecule has 1 atom stereocenters. The van der Waals surface area contributed by atoms with Crippen molar-refractivity contribution in [2.45, 2.75) is 18.9 Å². The molecule has 0 aliphatic carbocycles. The molecular weight excluding hydrogens is 178 g/mol. The number of carbonyl (C=O) groups excluding carboxylic acids is 1. The van der Waals surface area contributed by atoms with E-state index >= 15 is 0 Å². The maximum atomic E-state index is 11.3. The highest BCUT2D eigenvalue weighted by atomic mass is 16.2.